The van der Waals surface area contributed by atoms with Gasteiger partial charge in [0.25, 0.3) is 10.1 Å². The normalized spacial score (nSPS) is 13.3. The van der Waals surface area contributed by atoms with E-state index in [1.54, 1.807) is 37.6 Å². The zero-order valence-electron chi connectivity index (χ0n) is 13.9. The van der Waals surface area contributed by atoms with Crippen molar-refractivity contribution in [3.05, 3.63) is 24.7 Å². The van der Waals surface area contributed by atoms with Crippen LogP contribution in [0.3, 0.4) is 0 Å². The molecule has 24 heavy (non-hydrogen) atoms. The number of ether oxygens (including phenoxy) is 1. The number of hydrogen-bond acceptors (Lipinski definition) is 7. The summed E-state index contributed by atoms with van der Waals surface area (Å²) >= 11 is 0. The minimum Gasteiger partial charge on any atom is -0.490 e. The molecule has 2 rings (SSSR count). The molecule has 0 unspecified atom stereocenters. The third kappa shape index (κ3) is 4.05. The van der Waals surface area contributed by atoms with Gasteiger partial charge in [0, 0.05) is 24.7 Å². The Morgan fingerprint density at radius 2 is 1.83 bits per heavy atom. The van der Waals surface area contributed by atoms with Crippen molar-refractivity contribution in [3.8, 4) is 5.75 Å². The van der Waals surface area contributed by atoms with Gasteiger partial charge in [0.05, 0.1) is 11.0 Å². The molecule has 2 aromatic heterocycles. The van der Waals surface area contributed by atoms with E-state index in [2.05, 4.69) is 9.17 Å². The first-order valence-corrected chi connectivity index (χ1v) is 10.4. The molecule has 0 spiro atoms. The summed E-state index contributed by atoms with van der Waals surface area (Å²) in [5, 5.41) is 0. The Bertz CT molecular complexity index is 939. The molecule has 0 aromatic carbocycles. The average molecular weight is 376 g/mol. The molecular weight excluding hydrogens is 356 g/mol. The van der Waals surface area contributed by atoms with Crippen LogP contribution in [-0.2, 0) is 24.1 Å². The fourth-order valence-electron chi connectivity index (χ4n) is 1.91. The highest BCUT2D eigenvalue weighted by Crippen LogP contribution is 2.32. The fraction of sp³-hybridized carbons (Fsp3) is 0.500. The lowest BCUT2D eigenvalue weighted by Gasteiger charge is -2.21. The van der Waals surface area contributed by atoms with Crippen molar-refractivity contribution < 1.29 is 25.8 Å². The predicted molar refractivity (Wildman–Crippen MR) is 88.4 cm³/mol. The van der Waals surface area contributed by atoms with Gasteiger partial charge in [-0.2, -0.15) is 8.42 Å². The molecule has 0 aliphatic carbocycles. The highest BCUT2D eigenvalue weighted by molar-refractivity contribution is 7.92. The first-order valence-electron chi connectivity index (χ1n) is 7.10. The molecule has 0 amide bonds. The van der Waals surface area contributed by atoms with E-state index in [1.165, 1.54) is 12.3 Å². The Morgan fingerprint density at radius 3 is 2.42 bits per heavy atom. The van der Waals surface area contributed by atoms with Gasteiger partial charge in [-0.15, -0.1) is 0 Å². The van der Waals surface area contributed by atoms with Gasteiger partial charge in [-0.25, -0.2) is 13.4 Å². The number of fused-ring (bicyclic) bond motifs is 1. The van der Waals surface area contributed by atoms with Crippen LogP contribution < -0.4 is 4.74 Å². The molecule has 10 heteroatoms. The second-order valence-electron chi connectivity index (χ2n) is 6.19. The van der Waals surface area contributed by atoms with Crippen molar-refractivity contribution in [2.75, 3.05) is 19.5 Å². The van der Waals surface area contributed by atoms with Crippen molar-refractivity contribution in [1.29, 1.82) is 0 Å². The molecule has 2 heterocycles. The van der Waals surface area contributed by atoms with Crippen LogP contribution in [0.25, 0.3) is 5.65 Å². The number of sulfone groups is 1. The summed E-state index contributed by atoms with van der Waals surface area (Å²) in [7, 11) is -7.26. The van der Waals surface area contributed by atoms with Gasteiger partial charge in [0.15, 0.2) is 9.84 Å². The second-order valence-corrected chi connectivity index (χ2v) is 10.5. The fourth-order valence-corrected chi connectivity index (χ4v) is 3.57. The standard InChI is InChI=1S/C14H20N2O6S2/c1-14(2,3)24(19,20)12-10-16-6-5-15-13(16)9-11(12)21-7-8-22-23(4,17)18/h5-6,9-10H,7-8H2,1-4H3. The predicted octanol–water partition coefficient (Wildman–Crippen LogP) is 1.26. The molecule has 0 saturated heterocycles. The molecule has 0 fully saturated rings. The summed E-state index contributed by atoms with van der Waals surface area (Å²) in [6.45, 7) is 4.45. The summed E-state index contributed by atoms with van der Waals surface area (Å²) in [6, 6.07) is 1.50. The number of pyridine rings is 1. The molecule has 0 N–H and O–H groups in total. The third-order valence-corrected chi connectivity index (χ3v) is 6.28. The van der Waals surface area contributed by atoms with Crippen LogP contribution in [0.1, 0.15) is 20.8 Å². The molecular formula is C14H20N2O6S2. The number of imidazole rings is 1. The number of aromatic nitrogens is 2. The van der Waals surface area contributed by atoms with Crippen molar-refractivity contribution in [3.63, 3.8) is 0 Å². The van der Waals surface area contributed by atoms with Gasteiger partial charge >= 0.3 is 0 Å². The van der Waals surface area contributed by atoms with Gasteiger partial charge < -0.3 is 9.14 Å². The lowest BCUT2D eigenvalue weighted by atomic mass is 10.3. The van der Waals surface area contributed by atoms with Gasteiger partial charge in [0.1, 0.15) is 29.5 Å². The molecule has 0 saturated carbocycles. The van der Waals surface area contributed by atoms with E-state index in [1.807, 2.05) is 0 Å². The monoisotopic (exact) mass is 376 g/mol. The van der Waals surface area contributed by atoms with Crippen molar-refractivity contribution >= 4 is 25.6 Å². The Morgan fingerprint density at radius 1 is 1.17 bits per heavy atom. The van der Waals surface area contributed by atoms with E-state index in [0.29, 0.717) is 5.65 Å². The third-order valence-electron chi connectivity index (χ3n) is 3.19. The van der Waals surface area contributed by atoms with Crippen molar-refractivity contribution in [1.82, 2.24) is 9.38 Å². The Hall–Kier alpha value is -1.65. The van der Waals surface area contributed by atoms with Crippen molar-refractivity contribution in [2.45, 2.75) is 30.4 Å². The minimum atomic E-state index is -3.67. The first-order chi connectivity index (χ1) is 10.9. The number of hydrogen-bond donors (Lipinski definition) is 0. The van der Waals surface area contributed by atoms with Gasteiger partial charge in [-0.1, -0.05) is 0 Å². The van der Waals surface area contributed by atoms with Crippen molar-refractivity contribution in [2.24, 2.45) is 0 Å². The van der Waals surface area contributed by atoms with Crippen LogP contribution in [0.4, 0.5) is 0 Å². The van der Waals surface area contributed by atoms with Crippen LogP contribution in [0.2, 0.25) is 0 Å². The number of nitrogens with zero attached hydrogens (tertiary/aromatic N) is 2. The molecule has 0 bridgehead atoms. The van der Waals surface area contributed by atoms with Crippen LogP contribution in [0, 0.1) is 0 Å². The summed E-state index contributed by atoms with van der Waals surface area (Å²) < 4.78 is 58.1. The molecule has 134 valence electrons. The first kappa shape index (κ1) is 18.7. The summed E-state index contributed by atoms with van der Waals surface area (Å²) in [5.74, 6) is 0.112. The molecule has 0 atom stereocenters. The maximum absolute atomic E-state index is 12.8. The molecule has 2 aromatic rings. The second kappa shape index (κ2) is 6.34. The molecule has 8 nitrogen and oxygen atoms in total. The molecule has 0 aliphatic rings. The average Bonchev–Trinajstić information content (AvgIpc) is 2.87. The van der Waals surface area contributed by atoms with E-state index in [4.69, 9.17) is 4.74 Å². The van der Waals surface area contributed by atoms with Gasteiger partial charge in [0.2, 0.25) is 0 Å². The Balaban J connectivity index is 2.38. The van der Waals surface area contributed by atoms with Crippen LogP contribution in [0.5, 0.6) is 5.75 Å². The highest BCUT2D eigenvalue weighted by Gasteiger charge is 2.34. The topological polar surface area (TPSA) is 104 Å². The van der Waals surface area contributed by atoms with E-state index >= 15 is 0 Å². The molecule has 0 radical (unpaired) electrons. The summed E-state index contributed by atoms with van der Waals surface area (Å²) in [5.41, 5.74) is 0.516. The Kier molecular flexibility index (Phi) is 4.93. The van der Waals surface area contributed by atoms with E-state index in [0.717, 1.165) is 6.26 Å². The smallest absolute Gasteiger partial charge is 0.264 e. The maximum Gasteiger partial charge on any atom is 0.264 e. The van der Waals surface area contributed by atoms with E-state index in [-0.39, 0.29) is 23.9 Å². The van der Waals surface area contributed by atoms with Crippen LogP contribution in [0.15, 0.2) is 29.6 Å². The SMILES string of the molecule is CC(C)(C)S(=O)(=O)c1cn2ccnc2cc1OCCOS(C)(=O)=O. The Labute approximate surface area is 141 Å². The largest absolute Gasteiger partial charge is 0.490 e. The van der Waals surface area contributed by atoms with Crippen LogP contribution >= 0.6 is 0 Å². The molecule has 0 aliphatic heterocycles. The maximum atomic E-state index is 12.8. The van der Waals surface area contributed by atoms with E-state index in [9.17, 15) is 16.8 Å². The lowest BCUT2D eigenvalue weighted by Crippen LogP contribution is -2.28. The summed E-state index contributed by atoms with van der Waals surface area (Å²) in [6.07, 6.45) is 5.54. The minimum absolute atomic E-state index is 0.0138. The van der Waals surface area contributed by atoms with Crippen LogP contribution in [-0.4, -0.2) is 50.4 Å². The number of rotatable bonds is 6. The van der Waals surface area contributed by atoms with E-state index < -0.39 is 24.7 Å². The van der Waals surface area contributed by atoms with Gasteiger partial charge in [-0.3, -0.25) is 4.18 Å². The quantitative estimate of drug-likeness (QED) is 0.552. The zero-order valence-corrected chi connectivity index (χ0v) is 15.5. The zero-order chi connectivity index (χ0) is 18.2. The lowest BCUT2D eigenvalue weighted by molar-refractivity contribution is 0.218. The summed E-state index contributed by atoms with van der Waals surface area (Å²) in [4.78, 5) is 4.11. The highest BCUT2D eigenvalue weighted by atomic mass is 32.2. The van der Waals surface area contributed by atoms with Gasteiger partial charge in [-0.05, 0) is 20.8 Å².